The Morgan fingerprint density at radius 2 is 2.11 bits per heavy atom. The first-order valence-corrected chi connectivity index (χ1v) is 6.66. The van der Waals surface area contributed by atoms with Gasteiger partial charge in [0.05, 0.1) is 0 Å². The highest BCUT2D eigenvalue weighted by atomic mass is 16.2. The third-order valence-corrected chi connectivity index (χ3v) is 3.78. The number of nitrogens with one attached hydrogen (secondary N) is 1. The van der Waals surface area contributed by atoms with Gasteiger partial charge in [-0.2, -0.15) is 0 Å². The summed E-state index contributed by atoms with van der Waals surface area (Å²) in [7, 11) is 1.89. The first-order chi connectivity index (χ1) is 8.59. The van der Waals surface area contributed by atoms with Crippen LogP contribution < -0.4 is 10.2 Å². The molecule has 1 aromatic rings. The van der Waals surface area contributed by atoms with Crippen molar-refractivity contribution in [2.75, 3.05) is 18.5 Å². The summed E-state index contributed by atoms with van der Waals surface area (Å²) in [6, 6.07) is 8.49. The summed E-state index contributed by atoms with van der Waals surface area (Å²) in [5.41, 5.74) is 2.17. The van der Waals surface area contributed by atoms with Crippen LogP contribution >= 0.6 is 0 Å². The summed E-state index contributed by atoms with van der Waals surface area (Å²) in [6.07, 6.45) is 1.88. The molecule has 0 saturated carbocycles. The van der Waals surface area contributed by atoms with Gasteiger partial charge in [0.1, 0.15) is 0 Å². The summed E-state index contributed by atoms with van der Waals surface area (Å²) in [4.78, 5) is 14.3. The maximum atomic E-state index is 12.5. The molecule has 0 bridgehead atoms. The second-order valence-corrected chi connectivity index (χ2v) is 5.26. The van der Waals surface area contributed by atoms with Crippen LogP contribution in [-0.4, -0.2) is 25.5 Å². The van der Waals surface area contributed by atoms with E-state index in [9.17, 15) is 4.79 Å². The Morgan fingerprint density at radius 3 is 2.78 bits per heavy atom. The molecule has 18 heavy (non-hydrogen) atoms. The average Bonchev–Trinajstić information content (AvgIpc) is 2.37. The van der Waals surface area contributed by atoms with E-state index in [2.05, 4.69) is 12.2 Å². The van der Waals surface area contributed by atoms with Crippen LogP contribution in [-0.2, 0) is 4.79 Å². The van der Waals surface area contributed by atoms with Gasteiger partial charge in [0, 0.05) is 24.7 Å². The maximum Gasteiger partial charge on any atom is 0.229 e. The fourth-order valence-corrected chi connectivity index (χ4v) is 2.69. The largest absolute Gasteiger partial charge is 0.315 e. The zero-order valence-corrected chi connectivity index (χ0v) is 11.4. The van der Waals surface area contributed by atoms with Crippen molar-refractivity contribution in [2.24, 2.45) is 5.92 Å². The van der Waals surface area contributed by atoms with Crippen LogP contribution in [0.4, 0.5) is 5.69 Å². The van der Waals surface area contributed by atoms with Gasteiger partial charge < -0.3 is 10.2 Å². The van der Waals surface area contributed by atoms with E-state index in [4.69, 9.17) is 0 Å². The third-order valence-electron chi connectivity index (χ3n) is 3.78. The third kappa shape index (κ3) is 2.72. The smallest absolute Gasteiger partial charge is 0.229 e. The standard InChI is InChI=1S/C15H22N2O/c1-11-6-4-5-7-14(11)17(3)15(18)13-8-9-16-12(2)10-13/h4-7,12-13,16H,8-10H2,1-3H3. The van der Waals surface area contributed by atoms with Crippen molar-refractivity contribution in [3.05, 3.63) is 29.8 Å². The Kier molecular flexibility index (Phi) is 4.02. The molecule has 1 aromatic carbocycles. The van der Waals surface area contributed by atoms with Gasteiger partial charge in [-0.1, -0.05) is 18.2 Å². The van der Waals surface area contributed by atoms with Crippen molar-refractivity contribution in [3.63, 3.8) is 0 Å². The highest BCUT2D eigenvalue weighted by Gasteiger charge is 2.27. The summed E-state index contributed by atoms with van der Waals surface area (Å²) >= 11 is 0. The number of benzene rings is 1. The van der Waals surface area contributed by atoms with Crippen molar-refractivity contribution in [3.8, 4) is 0 Å². The molecule has 3 heteroatoms. The van der Waals surface area contributed by atoms with Crippen LogP contribution in [0.5, 0.6) is 0 Å². The van der Waals surface area contributed by atoms with Crippen molar-refractivity contribution in [1.29, 1.82) is 0 Å². The molecule has 1 heterocycles. The lowest BCUT2D eigenvalue weighted by Gasteiger charge is -2.30. The molecule has 1 N–H and O–H groups in total. The molecule has 2 rings (SSSR count). The molecule has 0 aliphatic carbocycles. The van der Waals surface area contributed by atoms with Gasteiger partial charge in [-0.3, -0.25) is 4.79 Å². The second-order valence-electron chi connectivity index (χ2n) is 5.26. The van der Waals surface area contributed by atoms with E-state index in [0.29, 0.717) is 6.04 Å². The lowest BCUT2D eigenvalue weighted by Crippen LogP contribution is -2.43. The predicted molar refractivity (Wildman–Crippen MR) is 74.8 cm³/mol. The van der Waals surface area contributed by atoms with E-state index in [1.54, 1.807) is 0 Å². The average molecular weight is 246 g/mol. The second kappa shape index (κ2) is 5.53. The molecule has 1 aliphatic heterocycles. The zero-order valence-electron chi connectivity index (χ0n) is 11.4. The number of carbonyl (C=O) groups is 1. The molecule has 3 nitrogen and oxygen atoms in total. The van der Waals surface area contributed by atoms with E-state index in [-0.39, 0.29) is 11.8 Å². The number of aryl methyl sites for hydroxylation is 1. The lowest BCUT2D eigenvalue weighted by atomic mass is 9.92. The van der Waals surface area contributed by atoms with E-state index in [1.165, 1.54) is 0 Å². The van der Waals surface area contributed by atoms with Gasteiger partial charge in [-0.15, -0.1) is 0 Å². The van der Waals surface area contributed by atoms with Gasteiger partial charge in [0.15, 0.2) is 0 Å². The molecule has 1 amide bonds. The van der Waals surface area contributed by atoms with Gasteiger partial charge >= 0.3 is 0 Å². The Balaban J connectivity index is 2.11. The van der Waals surface area contributed by atoms with Crippen molar-refractivity contribution >= 4 is 11.6 Å². The van der Waals surface area contributed by atoms with Gasteiger partial charge in [-0.25, -0.2) is 0 Å². The number of rotatable bonds is 2. The molecule has 0 aromatic heterocycles. The number of carbonyl (C=O) groups excluding carboxylic acids is 1. The summed E-state index contributed by atoms with van der Waals surface area (Å²) in [5.74, 6) is 0.406. The SMILES string of the molecule is Cc1ccccc1N(C)C(=O)C1CCNC(C)C1. The molecular weight excluding hydrogens is 224 g/mol. The van der Waals surface area contributed by atoms with Gasteiger partial charge in [0.2, 0.25) is 5.91 Å². The molecule has 1 aliphatic rings. The number of nitrogens with zero attached hydrogens (tertiary/aromatic N) is 1. The highest BCUT2D eigenvalue weighted by Crippen LogP contribution is 2.24. The number of hydrogen-bond donors (Lipinski definition) is 1. The molecular formula is C15H22N2O. The Labute approximate surface area is 109 Å². The first kappa shape index (κ1) is 13.1. The highest BCUT2D eigenvalue weighted by molar-refractivity contribution is 5.95. The monoisotopic (exact) mass is 246 g/mol. The van der Waals surface area contributed by atoms with Crippen LogP contribution in [0.15, 0.2) is 24.3 Å². The van der Waals surface area contributed by atoms with Crippen LogP contribution in [0.3, 0.4) is 0 Å². The van der Waals surface area contributed by atoms with Crippen LogP contribution in [0.25, 0.3) is 0 Å². The molecule has 98 valence electrons. The molecule has 2 atom stereocenters. The number of piperidine rings is 1. The maximum absolute atomic E-state index is 12.5. The van der Waals surface area contributed by atoms with E-state index < -0.39 is 0 Å². The minimum absolute atomic E-state index is 0.158. The van der Waals surface area contributed by atoms with Crippen molar-refractivity contribution in [2.45, 2.75) is 32.7 Å². The zero-order chi connectivity index (χ0) is 13.1. The normalized spacial score (nSPS) is 23.7. The number of amides is 1. The lowest BCUT2D eigenvalue weighted by molar-refractivity contribution is -0.123. The molecule has 0 spiro atoms. The molecule has 2 unspecified atom stereocenters. The minimum atomic E-state index is 0.158. The minimum Gasteiger partial charge on any atom is -0.315 e. The number of para-hydroxylation sites is 1. The summed E-state index contributed by atoms with van der Waals surface area (Å²) < 4.78 is 0. The molecule has 1 saturated heterocycles. The van der Waals surface area contributed by atoms with Crippen LogP contribution in [0, 0.1) is 12.8 Å². The van der Waals surface area contributed by atoms with E-state index >= 15 is 0 Å². The fourth-order valence-electron chi connectivity index (χ4n) is 2.69. The topological polar surface area (TPSA) is 32.3 Å². The van der Waals surface area contributed by atoms with E-state index in [0.717, 1.165) is 30.6 Å². The van der Waals surface area contributed by atoms with Gasteiger partial charge in [0.25, 0.3) is 0 Å². The summed E-state index contributed by atoms with van der Waals surface area (Å²) in [5, 5.41) is 3.39. The quantitative estimate of drug-likeness (QED) is 0.868. The molecule has 1 fully saturated rings. The Hall–Kier alpha value is -1.35. The fraction of sp³-hybridized carbons (Fsp3) is 0.533. The van der Waals surface area contributed by atoms with Crippen LogP contribution in [0.1, 0.15) is 25.3 Å². The van der Waals surface area contributed by atoms with Crippen LogP contribution in [0.2, 0.25) is 0 Å². The molecule has 0 radical (unpaired) electrons. The van der Waals surface area contributed by atoms with Crippen molar-refractivity contribution in [1.82, 2.24) is 5.32 Å². The number of hydrogen-bond acceptors (Lipinski definition) is 2. The first-order valence-electron chi connectivity index (χ1n) is 6.66. The predicted octanol–water partition coefficient (Wildman–Crippen LogP) is 2.35. The van der Waals surface area contributed by atoms with Gasteiger partial charge in [-0.05, 0) is 44.9 Å². The van der Waals surface area contributed by atoms with Crippen molar-refractivity contribution < 1.29 is 4.79 Å². The number of anilines is 1. The Morgan fingerprint density at radius 1 is 1.39 bits per heavy atom. The van der Waals surface area contributed by atoms with E-state index in [1.807, 2.05) is 43.1 Å². The Bertz CT molecular complexity index is 430. The summed E-state index contributed by atoms with van der Waals surface area (Å²) in [6.45, 7) is 5.14.